The highest BCUT2D eigenvalue weighted by Gasteiger charge is 2.23. The van der Waals surface area contributed by atoms with Gasteiger partial charge in [-0.15, -0.1) is 0 Å². The second-order valence-corrected chi connectivity index (χ2v) is 3.16. The number of anilines is 1. The highest BCUT2D eigenvalue weighted by molar-refractivity contribution is 5.72. The molecule has 13 heavy (non-hydrogen) atoms. The molecular weight excluding hydrogens is 170 g/mol. The van der Waals surface area contributed by atoms with Gasteiger partial charge in [0.25, 0.3) is 0 Å². The van der Waals surface area contributed by atoms with Crippen molar-refractivity contribution in [1.29, 1.82) is 0 Å². The molecule has 0 amide bonds. The van der Waals surface area contributed by atoms with E-state index in [1.54, 1.807) is 6.26 Å². The van der Waals surface area contributed by atoms with E-state index in [4.69, 9.17) is 9.15 Å². The summed E-state index contributed by atoms with van der Waals surface area (Å²) < 4.78 is 9.85. The van der Waals surface area contributed by atoms with Crippen LogP contribution in [0.2, 0.25) is 0 Å². The molecule has 0 aromatic carbocycles. The van der Waals surface area contributed by atoms with E-state index < -0.39 is 0 Å². The molecule has 1 heterocycles. The third-order valence-electron chi connectivity index (χ3n) is 1.82. The summed E-state index contributed by atoms with van der Waals surface area (Å²) in [5, 5.41) is 3.20. The van der Waals surface area contributed by atoms with Crippen LogP contribution >= 0.6 is 0 Å². The normalized spacial score (nSPS) is 15.5. The Hall–Kier alpha value is -1.45. The van der Waals surface area contributed by atoms with Crippen molar-refractivity contribution >= 4 is 11.7 Å². The summed E-state index contributed by atoms with van der Waals surface area (Å²) in [5.41, 5.74) is 0.762. The van der Waals surface area contributed by atoms with E-state index in [-0.39, 0.29) is 5.97 Å². The summed E-state index contributed by atoms with van der Waals surface area (Å²) in [7, 11) is 0. The van der Waals surface area contributed by atoms with Gasteiger partial charge in [0, 0.05) is 13.0 Å². The zero-order valence-electron chi connectivity index (χ0n) is 7.37. The van der Waals surface area contributed by atoms with Crippen molar-refractivity contribution in [1.82, 2.24) is 0 Å². The molecule has 1 fully saturated rings. The van der Waals surface area contributed by atoms with Crippen LogP contribution in [0.5, 0.6) is 5.75 Å². The molecule has 1 aromatic rings. The van der Waals surface area contributed by atoms with Crippen molar-refractivity contribution < 1.29 is 13.9 Å². The van der Waals surface area contributed by atoms with Gasteiger partial charge < -0.3 is 14.5 Å². The van der Waals surface area contributed by atoms with Crippen LogP contribution in [-0.4, -0.2) is 12.0 Å². The lowest BCUT2D eigenvalue weighted by atomic mass is 10.4. The van der Waals surface area contributed by atoms with Crippen LogP contribution in [0.15, 0.2) is 16.9 Å². The molecule has 0 radical (unpaired) electrons. The fraction of sp³-hybridized carbons (Fsp3) is 0.444. The Balaban J connectivity index is 2.05. The first-order valence-electron chi connectivity index (χ1n) is 4.27. The van der Waals surface area contributed by atoms with Gasteiger partial charge in [0.05, 0.1) is 0 Å². The first kappa shape index (κ1) is 8.16. The second-order valence-electron chi connectivity index (χ2n) is 3.16. The molecule has 70 valence electrons. The molecule has 1 N–H and O–H groups in total. The fourth-order valence-electron chi connectivity index (χ4n) is 1.07. The lowest BCUT2D eigenvalue weighted by Crippen LogP contribution is -2.05. The Morgan fingerprint density at radius 3 is 3.00 bits per heavy atom. The Morgan fingerprint density at radius 1 is 1.62 bits per heavy atom. The van der Waals surface area contributed by atoms with Crippen LogP contribution in [0.1, 0.15) is 19.8 Å². The zero-order valence-corrected chi connectivity index (χ0v) is 7.37. The fourth-order valence-corrected chi connectivity index (χ4v) is 1.07. The minimum Gasteiger partial charge on any atom is -0.466 e. The lowest BCUT2D eigenvalue weighted by molar-refractivity contribution is -0.131. The molecule has 2 rings (SSSR count). The zero-order chi connectivity index (χ0) is 9.26. The number of nitrogens with one attached hydrogen (secondary N) is 1. The van der Waals surface area contributed by atoms with Gasteiger partial charge in [0.1, 0.15) is 18.2 Å². The van der Waals surface area contributed by atoms with Gasteiger partial charge in [-0.25, -0.2) is 0 Å². The Kier molecular flexibility index (Phi) is 1.96. The standard InChI is InChI=1S/C9H11NO3/c1-6(11)13-9-5-12-4-8(9)10-7-2-3-7/h4-5,7,10H,2-3H2,1H3. The summed E-state index contributed by atoms with van der Waals surface area (Å²) >= 11 is 0. The second kappa shape index (κ2) is 3.12. The smallest absolute Gasteiger partial charge is 0.308 e. The van der Waals surface area contributed by atoms with Gasteiger partial charge in [-0.1, -0.05) is 0 Å². The summed E-state index contributed by atoms with van der Waals surface area (Å²) in [6, 6.07) is 0.520. The summed E-state index contributed by atoms with van der Waals surface area (Å²) in [6.07, 6.45) is 5.32. The van der Waals surface area contributed by atoms with Crippen molar-refractivity contribution in [3.63, 3.8) is 0 Å². The first-order valence-corrected chi connectivity index (χ1v) is 4.27. The minimum absolute atomic E-state index is 0.333. The average Bonchev–Trinajstić information content (AvgIpc) is 2.75. The van der Waals surface area contributed by atoms with Crippen molar-refractivity contribution in [2.45, 2.75) is 25.8 Å². The summed E-state index contributed by atoms with van der Waals surface area (Å²) in [5.74, 6) is 0.139. The van der Waals surface area contributed by atoms with Gasteiger partial charge in [-0.3, -0.25) is 4.79 Å². The predicted molar refractivity (Wildman–Crippen MR) is 46.7 cm³/mol. The van der Waals surface area contributed by atoms with Crippen molar-refractivity contribution in [3.05, 3.63) is 12.5 Å². The molecular formula is C9H11NO3. The number of ether oxygens (including phenoxy) is 1. The van der Waals surface area contributed by atoms with Crippen molar-refractivity contribution in [3.8, 4) is 5.75 Å². The monoisotopic (exact) mass is 181 g/mol. The van der Waals surface area contributed by atoms with Crippen LogP contribution in [0, 0.1) is 0 Å². The minimum atomic E-state index is -0.333. The van der Waals surface area contributed by atoms with E-state index in [1.807, 2.05) is 0 Å². The number of hydrogen-bond acceptors (Lipinski definition) is 4. The van der Waals surface area contributed by atoms with Gasteiger partial charge in [0.15, 0.2) is 5.75 Å². The predicted octanol–water partition coefficient (Wildman–Crippen LogP) is 1.78. The van der Waals surface area contributed by atoms with Crippen LogP contribution in [0.25, 0.3) is 0 Å². The van der Waals surface area contributed by atoms with E-state index in [9.17, 15) is 4.79 Å². The lowest BCUT2D eigenvalue weighted by Gasteiger charge is -2.03. The molecule has 0 bridgehead atoms. The third-order valence-corrected chi connectivity index (χ3v) is 1.82. The van der Waals surface area contributed by atoms with E-state index in [0.717, 1.165) is 5.69 Å². The molecule has 4 heteroatoms. The maximum absolute atomic E-state index is 10.7. The average molecular weight is 181 g/mol. The van der Waals surface area contributed by atoms with Gasteiger partial charge in [-0.2, -0.15) is 0 Å². The van der Waals surface area contributed by atoms with Crippen LogP contribution in [-0.2, 0) is 4.79 Å². The number of carbonyl (C=O) groups is 1. The topological polar surface area (TPSA) is 51.5 Å². The molecule has 1 aliphatic carbocycles. The molecule has 1 aromatic heterocycles. The maximum atomic E-state index is 10.7. The highest BCUT2D eigenvalue weighted by Crippen LogP contribution is 2.31. The maximum Gasteiger partial charge on any atom is 0.308 e. The van der Waals surface area contributed by atoms with Crippen LogP contribution < -0.4 is 10.1 Å². The Morgan fingerprint density at radius 2 is 2.38 bits per heavy atom. The number of rotatable bonds is 3. The molecule has 0 unspecified atom stereocenters. The molecule has 1 saturated carbocycles. The van der Waals surface area contributed by atoms with Crippen molar-refractivity contribution in [2.24, 2.45) is 0 Å². The number of furan rings is 1. The Bertz CT molecular complexity index is 314. The molecule has 0 spiro atoms. The summed E-state index contributed by atoms with van der Waals surface area (Å²) in [4.78, 5) is 10.7. The molecule has 0 aliphatic heterocycles. The number of hydrogen-bond donors (Lipinski definition) is 1. The van der Waals surface area contributed by atoms with Gasteiger partial charge in [-0.05, 0) is 12.8 Å². The third kappa shape index (κ3) is 2.02. The highest BCUT2D eigenvalue weighted by atomic mass is 16.5. The summed E-state index contributed by atoms with van der Waals surface area (Å²) in [6.45, 7) is 1.37. The van der Waals surface area contributed by atoms with Gasteiger partial charge >= 0.3 is 5.97 Å². The van der Waals surface area contributed by atoms with Gasteiger partial charge in [0.2, 0.25) is 0 Å². The molecule has 0 saturated heterocycles. The molecule has 4 nitrogen and oxygen atoms in total. The van der Waals surface area contributed by atoms with E-state index in [2.05, 4.69) is 5.32 Å². The van der Waals surface area contributed by atoms with Crippen molar-refractivity contribution in [2.75, 3.05) is 5.32 Å². The van der Waals surface area contributed by atoms with E-state index in [1.165, 1.54) is 26.0 Å². The first-order chi connectivity index (χ1) is 6.25. The molecule has 0 atom stereocenters. The van der Waals surface area contributed by atoms with Crippen LogP contribution in [0.3, 0.4) is 0 Å². The SMILES string of the molecule is CC(=O)Oc1cocc1NC1CC1. The van der Waals surface area contributed by atoms with Crippen LogP contribution in [0.4, 0.5) is 5.69 Å². The molecule has 1 aliphatic rings. The number of esters is 1. The van der Waals surface area contributed by atoms with E-state index in [0.29, 0.717) is 11.8 Å². The Labute approximate surface area is 75.9 Å². The van der Waals surface area contributed by atoms with E-state index >= 15 is 0 Å². The number of carbonyl (C=O) groups excluding carboxylic acids is 1. The quantitative estimate of drug-likeness (QED) is 0.722. The largest absolute Gasteiger partial charge is 0.466 e.